The number of rotatable bonds is 4. The average molecular weight is 349 g/mol. The largest absolute Gasteiger partial charge is 0.451 e. The molecule has 0 aliphatic rings. The van der Waals surface area contributed by atoms with Gasteiger partial charge in [-0.1, -0.05) is 0 Å². The van der Waals surface area contributed by atoms with Gasteiger partial charge in [0.2, 0.25) is 0 Å². The van der Waals surface area contributed by atoms with Crippen molar-refractivity contribution >= 4 is 5.69 Å². The molecular formula is C14H9F6N3O. The van der Waals surface area contributed by atoms with Gasteiger partial charge in [-0.3, -0.25) is 0 Å². The summed E-state index contributed by atoms with van der Waals surface area (Å²) in [5.74, 6) is 0. The number of halogens is 6. The van der Waals surface area contributed by atoms with E-state index in [1.807, 2.05) is 0 Å². The van der Waals surface area contributed by atoms with Crippen LogP contribution in [0.2, 0.25) is 0 Å². The quantitative estimate of drug-likeness (QED) is 0.779. The second-order valence-corrected chi connectivity index (χ2v) is 4.79. The summed E-state index contributed by atoms with van der Waals surface area (Å²) in [4.78, 5) is 4.34. The van der Waals surface area contributed by atoms with Crippen LogP contribution >= 0.6 is 0 Å². The molecule has 1 aromatic heterocycles. The molecule has 0 radical (unpaired) electrons. The Bertz CT molecular complexity index is 730. The van der Waals surface area contributed by atoms with Crippen LogP contribution in [0.1, 0.15) is 16.8 Å². The molecule has 0 aliphatic heterocycles. The first-order chi connectivity index (χ1) is 11.1. The fourth-order valence-electron chi connectivity index (χ4n) is 2.03. The molecule has 4 nitrogen and oxygen atoms in total. The van der Waals surface area contributed by atoms with Crippen molar-refractivity contribution in [3.63, 3.8) is 0 Å². The Morgan fingerprint density at radius 1 is 1.17 bits per heavy atom. The third kappa shape index (κ3) is 4.41. The molecule has 0 atom stereocenters. The molecule has 1 heterocycles. The smallest absolute Gasteiger partial charge is 0.417 e. The van der Waals surface area contributed by atoms with Gasteiger partial charge >= 0.3 is 12.4 Å². The number of hydrogen-bond acceptors (Lipinski definition) is 4. The van der Waals surface area contributed by atoms with Gasteiger partial charge < -0.3 is 9.32 Å². The molecule has 0 N–H and O–H groups in total. The highest BCUT2D eigenvalue weighted by molar-refractivity contribution is 5.55. The molecule has 0 saturated heterocycles. The van der Waals surface area contributed by atoms with Crippen LogP contribution in [0.5, 0.6) is 0 Å². The number of aromatic nitrogens is 1. The lowest BCUT2D eigenvalue weighted by Gasteiger charge is -2.26. The summed E-state index contributed by atoms with van der Waals surface area (Å²) < 4.78 is 81.8. The Morgan fingerprint density at radius 2 is 1.88 bits per heavy atom. The van der Waals surface area contributed by atoms with Crippen LogP contribution in [0.25, 0.3) is 0 Å². The van der Waals surface area contributed by atoms with E-state index in [1.165, 1.54) is 6.07 Å². The Morgan fingerprint density at radius 3 is 2.38 bits per heavy atom. The summed E-state index contributed by atoms with van der Waals surface area (Å²) in [6.45, 7) is -1.89. The average Bonchev–Trinajstić information content (AvgIpc) is 2.96. The molecule has 0 bridgehead atoms. The molecule has 0 unspecified atom stereocenters. The summed E-state index contributed by atoms with van der Waals surface area (Å²) in [5.41, 5.74) is -2.17. The lowest BCUT2D eigenvalue weighted by Crippen LogP contribution is -2.34. The van der Waals surface area contributed by atoms with E-state index in [1.54, 1.807) is 0 Å². The van der Waals surface area contributed by atoms with Gasteiger partial charge in [-0.2, -0.15) is 31.6 Å². The molecule has 0 amide bonds. The number of hydrogen-bond donors (Lipinski definition) is 0. The van der Waals surface area contributed by atoms with Crippen LogP contribution in [0.15, 0.2) is 35.3 Å². The van der Waals surface area contributed by atoms with Gasteiger partial charge in [0, 0.05) is 5.69 Å². The van der Waals surface area contributed by atoms with Crippen molar-refractivity contribution in [1.82, 2.24) is 4.98 Å². The molecule has 2 aromatic rings. The minimum atomic E-state index is -4.86. The molecule has 0 fully saturated rings. The molecule has 0 aliphatic carbocycles. The van der Waals surface area contributed by atoms with Gasteiger partial charge in [0.1, 0.15) is 12.8 Å². The number of alkyl halides is 6. The summed E-state index contributed by atoms with van der Waals surface area (Å²) in [6, 6.07) is 3.76. The van der Waals surface area contributed by atoms with Crippen molar-refractivity contribution in [3.05, 3.63) is 47.7 Å². The Labute approximate surface area is 131 Å². The highest BCUT2D eigenvalue weighted by Gasteiger charge is 2.36. The normalized spacial score (nSPS) is 12.0. The lowest BCUT2D eigenvalue weighted by molar-refractivity contribution is -0.137. The zero-order valence-corrected chi connectivity index (χ0v) is 11.8. The lowest BCUT2D eigenvalue weighted by atomic mass is 10.1. The maximum atomic E-state index is 13.0. The van der Waals surface area contributed by atoms with Gasteiger partial charge in [0.05, 0.1) is 29.4 Å². The first kappa shape index (κ1) is 17.7. The zero-order valence-electron chi connectivity index (χ0n) is 11.8. The van der Waals surface area contributed by atoms with Crippen LogP contribution in [0, 0.1) is 11.3 Å². The van der Waals surface area contributed by atoms with Crippen molar-refractivity contribution in [3.8, 4) is 6.07 Å². The van der Waals surface area contributed by atoms with E-state index in [0.29, 0.717) is 11.0 Å². The molecule has 0 spiro atoms. The number of nitriles is 1. The highest BCUT2D eigenvalue weighted by atomic mass is 19.4. The topological polar surface area (TPSA) is 53.1 Å². The van der Waals surface area contributed by atoms with E-state index in [-0.39, 0.29) is 11.4 Å². The predicted molar refractivity (Wildman–Crippen MR) is 69.8 cm³/mol. The molecule has 0 saturated carbocycles. The zero-order chi connectivity index (χ0) is 18.0. The monoisotopic (exact) mass is 349 g/mol. The van der Waals surface area contributed by atoms with Gasteiger partial charge in [0.15, 0.2) is 6.39 Å². The molecule has 24 heavy (non-hydrogen) atoms. The van der Waals surface area contributed by atoms with Crippen LogP contribution in [-0.2, 0) is 12.7 Å². The van der Waals surface area contributed by atoms with Crippen LogP contribution in [0.3, 0.4) is 0 Å². The minimum absolute atomic E-state index is 0.122. The van der Waals surface area contributed by atoms with Gasteiger partial charge in [-0.05, 0) is 18.2 Å². The summed E-state index contributed by atoms with van der Waals surface area (Å²) >= 11 is 0. The maximum Gasteiger partial charge on any atom is 0.417 e. The van der Waals surface area contributed by atoms with E-state index in [2.05, 4.69) is 9.40 Å². The fraction of sp³-hybridized carbons (Fsp3) is 0.286. The summed E-state index contributed by atoms with van der Waals surface area (Å²) in [7, 11) is 0. The first-order valence-corrected chi connectivity index (χ1v) is 6.40. The fourth-order valence-corrected chi connectivity index (χ4v) is 2.03. The van der Waals surface area contributed by atoms with Crippen LogP contribution in [-0.4, -0.2) is 17.7 Å². The van der Waals surface area contributed by atoms with Crippen LogP contribution < -0.4 is 4.90 Å². The predicted octanol–water partition coefficient (Wildman–Crippen LogP) is 4.13. The number of oxazole rings is 1. The second-order valence-electron chi connectivity index (χ2n) is 4.79. The van der Waals surface area contributed by atoms with Gasteiger partial charge in [0.25, 0.3) is 0 Å². The molecular weight excluding hydrogens is 340 g/mol. The van der Waals surface area contributed by atoms with Gasteiger partial charge in [-0.25, -0.2) is 4.98 Å². The molecule has 10 heteroatoms. The third-order valence-corrected chi connectivity index (χ3v) is 3.00. The van der Waals surface area contributed by atoms with Gasteiger partial charge in [-0.15, -0.1) is 0 Å². The highest BCUT2D eigenvalue weighted by Crippen LogP contribution is 2.35. The minimum Gasteiger partial charge on any atom is -0.451 e. The van der Waals surface area contributed by atoms with E-state index in [9.17, 15) is 26.3 Å². The van der Waals surface area contributed by atoms with Crippen molar-refractivity contribution in [1.29, 1.82) is 5.26 Å². The maximum absolute atomic E-state index is 13.0. The first-order valence-electron chi connectivity index (χ1n) is 6.40. The Hall–Kier alpha value is -2.70. The SMILES string of the molecule is N#Cc1ccc(N(Cc2cocn2)CC(F)(F)F)cc1C(F)(F)F. The van der Waals surface area contributed by atoms with E-state index in [4.69, 9.17) is 5.26 Å². The van der Waals surface area contributed by atoms with Crippen LogP contribution in [0.4, 0.5) is 32.0 Å². The number of nitrogens with zero attached hydrogens (tertiary/aromatic N) is 3. The Balaban J connectivity index is 2.44. The van der Waals surface area contributed by atoms with Crippen molar-refractivity contribution in [2.24, 2.45) is 0 Å². The van der Waals surface area contributed by atoms with Crippen molar-refractivity contribution in [2.75, 3.05) is 11.4 Å². The van der Waals surface area contributed by atoms with E-state index < -0.39 is 36.6 Å². The van der Waals surface area contributed by atoms with E-state index >= 15 is 0 Å². The number of benzene rings is 1. The summed E-state index contributed by atoms with van der Waals surface area (Å²) in [6.07, 6.45) is -7.41. The van der Waals surface area contributed by atoms with Crippen molar-refractivity contribution < 1.29 is 30.8 Å². The molecule has 2 rings (SSSR count). The third-order valence-electron chi connectivity index (χ3n) is 3.00. The molecule has 128 valence electrons. The standard InChI is InChI=1S/C14H9F6N3O/c15-13(16,17)7-23(5-10-6-24-8-22-10)11-2-1-9(4-21)12(3-11)14(18,19)20/h1-3,6,8H,5,7H2. The Kier molecular flexibility index (Phi) is 4.73. The second kappa shape index (κ2) is 6.43. The molecule has 1 aromatic carbocycles. The number of anilines is 1. The summed E-state index contributed by atoms with van der Waals surface area (Å²) in [5, 5.41) is 8.74. The van der Waals surface area contributed by atoms with E-state index in [0.717, 1.165) is 24.8 Å². The van der Waals surface area contributed by atoms with Crippen molar-refractivity contribution in [2.45, 2.75) is 18.9 Å².